The van der Waals surface area contributed by atoms with E-state index in [4.69, 9.17) is 10.5 Å². The molecule has 0 heterocycles. The highest BCUT2D eigenvalue weighted by molar-refractivity contribution is 6.34. The Kier molecular flexibility index (Phi) is 5.27. The number of rotatable bonds is 3. The van der Waals surface area contributed by atoms with Gasteiger partial charge in [-0.25, -0.2) is 0 Å². The van der Waals surface area contributed by atoms with Crippen LogP contribution in [0.1, 0.15) is 28.3 Å². The van der Waals surface area contributed by atoms with Gasteiger partial charge in [-0.2, -0.15) is 0 Å². The summed E-state index contributed by atoms with van der Waals surface area (Å²) in [5, 5.41) is 25.3. The SMILES string of the molecule is COc1ccc2c(c1)cc1c3c(c(O)ccc32)C(=O)C2C(=O)[C@@]3(O)C(=O)C(C(N)=O)C(=O)[C@H](N(C)C)[C@H]3C[C@@H]12. The van der Waals surface area contributed by atoms with E-state index < -0.39 is 64.4 Å². The molecule has 0 aromatic heterocycles. The van der Waals surface area contributed by atoms with E-state index in [0.29, 0.717) is 22.1 Å². The molecule has 0 aliphatic heterocycles. The largest absolute Gasteiger partial charge is 0.507 e. The number of Topliss-reactive ketones (excluding diaryl/α,β-unsaturated/α-hetero) is 4. The van der Waals surface area contributed by atoms with Gasteiger partial charge in [-0.05, 0) is 60.4 Å². The lowest BCUT2D eigenvalue weighted by Crippen LogP contribution is -2.73. The molecule has 2 fully saturated rings. The number of hydrogen-bond acceptors (Lipinski definition) is 9. The van der Waals surface area contributed by atoms with Crippen molar-refractivity contribution in [1.82, 2.24) is 4.90 Å². The third kappa shape index (κ3) is 3.06. The van der Waals surface area contributed by atoms with Crippen molar-refractivity contribution in [2.24, 2.45) is 23.5 Å². The predicted octanol–water partition coefficient (Wildman–Crippen LogP) is 1.11. The molecule has 6 rings (SSSR count). The summed E-state index contributed by atoms with van der Waals surface area (Å²) in [5.41, 5.74) is 3.12. The Morgan fingerprint density at radius 1 is 1.05 bits per heavy atom. The normalized spacial score (nSPS) is 30.0. The number of amides is 1. The molecule has 6 atom stereocenters. The molecule has 3 aliphatic carbocycles. The topological polar surface area (TPSA) is 164 Å². The first-order valence-electron chi connectivity index (χ1n) is 12.5. The molecule has 0 bridgehead atoms. The number of nitrogens with two attached hydrogens (primary N) is 1. The minimum absolute atomic E-state index is 0.0631. The highest BCUT2D eigenvalue weighted by Crippen LogP contribution is 2.55. The van der Waals surface area contributed by atoms with Gasteiger partial charge in [-0.3, -0.25) is 28.9 Å². The van der Waals surface area contributed by atoms with Crippen LogP contribution in [0.3, 0.4) is 0 Å². The number of primary amides is 1. The molecule has 2 saturated carbocycles. The van der Waals surface area contributed by atoms with Gasteiger partial charge in [0, 0.05) is 17.2 Å². The van der Waals surface area contributed by atoms with Crippen molar-refractivity contribution in [3.63, 3.8) is 0 Å². The van der Waals surface area contributed by atoms with Crippen molar-refractivity contribution in [3.05, 3.63) is 47.5 Å². The maximum atomic E-state index is 14.1. The molecule has 4 N–H and O–H groups in total. The molecule has 10 heteroatoms. The number of nitrogens with zero attached hydrogens (tertiary/aromatic N) is 1. The predicted molar refractivity (Wildman–Crippen MR) is 138 cm³/mol. The number of benzene rings is 3. The fraction of sp³-hybridized carbons (Fsp3) is 0.345. The summed E-state index contributed by atoms with van der Waals surface area (Å²) in [4.78, 5) is 68.4. The van der Waals surface area contributed by atoms with Gasteiger partial charge in [0.1, 0.15) is 11.5 Å². The number of phenolic OH excluding ortho intramolecular Hbond substituents is 1. The molecular formula is C29H26N2O8. The fourth-order valence-corrected chi connectivity index (χ4v) is 7.14. The zero-order valence-electron chi connectivity index (χ0n) is 21.4. The molecule has 3 aromatic rings. The number of fused-ring (bicyclic) bond motifs is 5. The number of phenols is 1. The van der Waals surface area contributed by atoms with E-state index in [0.717, 1.165) is 10.8 Å². The third-order valence-electron chi connectivity index (χ3n) is 8.80. The van der Waals surface area contributed by atoms with Gasteiger partial charge in [0.05, 0.1) is 24.6 Å². The Hall–Kier alpha value is -4.15. The Labute approximate surface area is 222 Å². The molecular weight excluding hydrogens is 504 g/mol. The number of ketones is 4. The van der Waals surface area contributed by atoms with Crippen molar-refractivity contribution in [3.8, 4) is 11.5 Å². The number of carbonyl (C=O) groups excluding carboxylic acids is 5. The van der Waals surface area contributed by atoms with Crippen LogP contribution in [0, 0.1) is 17.8 Å². The van der Waals surface area contributed by atoms with Gasteiger partial charge in [0.15, 0.2) is 34.7 Å². The molecule has 3 aliphatic rings. The summed E-state index contributed by atoms with van der Waals surface area (Å²) >= 11 is 0. The van der Waals surface area contributed by atoms with Crippen LogP contribution in [0.15, 0.2) is 36.4 Å². The van der Waals surface area contributed by atoms with Crippen molar-refractivity contribution in [1.29, 1.82) is 0 Å². The van der Waals surface area contributed by atoms with Gasteiger partial charge in [0.2, 0.25) is 5.91 Å². The van der Waals surface area contributed by atoms with Crippen LogP contribution in [0.4, 0.5) is 0 Å². The Morgan fingerprint density at radius 2 is 1.74 bits per heavy atom. The summed E-state index contributed by atoms with van der Waals surface area (Å²) in [7, 11) is 4.64. The van der Waals surface area contributed by atoms with E-state index in [1.165, 1.54) is 18.1 Å². The number of aliphatic hydroxyl groups is 1. The first-order valence-corrected chi connectivity index (χ1v) is 12.5. The Morgan fingerprint density at radius 3 is 2.38 bits per heavy atom. The van der Waals surface area contributed by atoms with Crippen LogP contribution in [-0.4, -0.2) is 77.0 Å². The highest BCUT2D eigenvalue weighted by Gasteiger charge is 2.69. The average Bonchev–Trinajstić information content (AvgIpc) is 2.88. The number of methoxy groups -OCH3 is 1. The van der Waals surface area contributed by atoms with E-state index in [-0.39, 0.29) is 17.7 Å². The molecule has 0 radical (unpaired) electrons. The quantitative estimate of drug-likeness (QED) is 0.332. The lowest BCUT2D eigenvalue weighted by Gasteiger charge is -2.52. The van der Waals surface area contributed by atoms with Gasteiger partial charge in [-0.1, -0.05) is 18.2 Å². The first-order chi connectivity index (χ1) is 18.4. The van der Waals surface area contributed by atoms with Crippen molar-refractivity contribution >= 4 is 50.6 Å². The molecule has 2 unspecified atom stereocenters. The van der Waals surface area contributed by atoms with E-state index >= 15 is 0 Å². The molecule has 200 valence electrons. The van der Waals surface area contributed by atoms with E-state index in [1.807, 2.05) is 18.2 Å². The summed E-state index contributed by atoms with van der Waals surface area (Å²) < 4.78 is 5.38. The molecule has 39 heavy (non-hydrogen) atoms. The van der Waals surface area contributed by atoms with Crippen molar-refractivity contribution in [2.45, 2.75) is 24.0 Å². The van der Waals surface area contributed by atoms with Crippen LogP contribution < -0.4 is 10.5 Å². The van der Waals surface area contributed by atoms with Crippen LogP contribution in [0.25, 0.3) is 21.5 Å². The van der Waals surface area contributed by atoms with E-state index in [9.17, 15) is 34.2 Å². The first kappa shape index (κ1) is 25.1. The van der Waals surface area contributed by atoms with Crippen LogP contribution in [0.2, 0.25) is 0 Å². The maximum absolute atomic E-state index is 14.1. The second kappa shape index (κ2) is 8.17. The van der Waals surface area contributed by atoms with Crippen LogP contribution >= 0.6 is 0 Å². The molecule has 1 amide bonds. The summed E-state index contributed by atoms with van der Waals surface area (Å²) in [6, 6.07) is 9.18. The third-order valence-corrected chi connectivity index (χ3v) is 8.80. The van der Waals surface area contributed by atoms with Gasteiger partial charge in [-0.15, -0.1) is 0 Å². The number of ether oxygens (including phenoxy) is 1. The standard InChI is InChI=1S/C29H26N2O8/c1-31(2)23-17-10-16-15-9-11-8-12(39-3)4-5-13(11)14-6-7-18(32)21(19(14)15)24(33)20(16)26(35)29(17,38)27(36)22(25(23)34)28(30)37/h4-9,16-17,20,22-23,32,38H,10H2,1-3H3,(H2,30,37)/t16-,17+,20?,22?,23+,29+/m0/s1. The van der Waals surface area contributed by atoms with Crippen molar-refractivity contribution in [2.75, 3.05) is 21.2 Å². The zero-order chi connectivity index (χ0) is 28.1. The molecule has 3 aromatic carbocycles. The Bertz CT molecular complexity index is 1680. The lowest BCUT2D eigenvalue weighted by atomic mass is 9.52. The second-order valence-electron chi connectivity index (χ2n) is 10.9. The average molecular weight is 531 g/mol. The monoisotopic (exact) mass is 530 g/mol. The smallest absolute Gasteiger partial charge is 0.235 e. The number of likely N-dealkylation sites (N-methyl/N-ethyl adjacent to an activating group) is 1. The summed E-state index contributed by atoms with van der Waals surface area (Å²) in [5.74, 6) is -10.4. The Balaban J connectivity index is 1.64. The second-order valence-corrected chi connectivity index (χ2v) is 10.9. The van der Waals surface area contributed by atoms with Crippen LogP contribution in [-0.2, 0) is 19.2 Å². The zero-order valence-corrected chi connectivity index (χ0v) is 21.4. The molecule has 0 spiro atoms. The number of hydrogen-bond donors (Lipinski definition) is 3. The number of carbonyl (C=O) groups is 5. The lowest BCUT2D eigenvalue weighted by molar-refractivity contribution is -0.179. The van der Waals surface area contributed by atoms with Crippen molar-refractivity contribution < 1.29 is 38.9 Å². The minimum atomic E-state index is -2.78. The maximum Gasteiger partial charge on any atom is 0.235 e. The van der Waals surface area contributed by atoms with Gasteiger partial charge < -0.3 is 20.7 Å². The highest BCUT2D eigenvalue weighted by atomic mass is 16.5. The minimum Gasteiger partial charge on any atom is -0.507 e. The summed E-state index contributed by atoms with van der Waals surface area (Å²) in [6.07, 6.45) is -0.0654. The van der Waals surface area contributed by atoms with E-state index in [2.05, 4.69) is 0 Å². The van der Waals surface area contributed by atoms with Gasteiger partial charge in [0.25, 0.3) is 0 Å². The van der Waals surface area contributed by atoms with Crippen LogP contribution in [0.5, 0.6) is 11.5 Å². The molecule has 0 saturated heterocycles. The number of aromatic hydroxyl groups is 1. The molecule has 10 nitrogen and oxygen atoms in total. The summed E-state index contributed by atoms with van der Waals surface area (Å²) in [6.45, 7) is 0. The fourth-order valence-electron chi connectivity index (χ4n) is 7.14. The van der Waals surface area contributed by atoms with E-state index in [1.54, 1.807) is 26.2 Å². The van der Waals surface area contributed by atoms with Gasteiger partial charge >= 0.3 is 0 Å².